The van der Waals surface area contributed by atoms with Crippen LogP contribution < -0.4 is 10.0 Å². The number of carbonyl (C=O) groups is 2. The Morgan fingerprint density at radius 3 is 2.22 bits per heavy atom. The van der Waals surface area contributed by atoms with Gasteiger partial charge in [0.25, 0.3) is 0 Å². The highest BCUT2D eigenvalue weighted by Crippen LogP contribution is 2.40. The van der Waals surface area contributed by atoms with Crippen molar-refractivity contribution in [2.24, 2.45) is 5.41 Å². The van der Waals surface area contributed by atoms with Crippen molar-refractivity contribution in [2.75, 3.05) is 6.54 Å². The van der Waals surface area contributed by atoms with Crippen LogP contribution in [0.3, 0.4) is 0 Å². The van der Waals surface area contributed by atoms with Gasteiger partial charge in [0.2, 0.25) is 15.9 Å². The molecule has 0 aromatic heterocycles. The summed E-state index contributed by atoms with van der Waals surface area (Å²) in [5.74, 6) is -0.621. The van der Waals surface area contributed by atoms with Crippen LogP contribution in [0.25, 0.3) is 0 Å². The van der Waals surface area contributed by atoms with E-state index in [9.17, 15) is 18.0 Å². The van der Waals surface area contributed by atoms with Crippen molar-refractivity contribution in [1.82, 2.24) is 10.0 Å². The zero-order valence-corrected chi connectivity index (χ0v) is 20.4. The molecule has 0 fully saturated rings. The van der Waals surface area contributed by atoms with Gasteiger partial charge in [0.15, 0.2) is 5.78 Å². The molecule has 7 heteroatoms. The lowest BCUT2D eigenvalue weighted by Gasteiger charge is -2.31. The minimum absolute atomic E-state index is 0.0214. The molecule has 0 bridgehead atoms. The second kappa shape index (κ2) is 8.45. The molecule has 0 aliphatic heterocycles. The van der Waals surface area contributed by atoms with Gasteiger partial charge in [-0.1, -0.05) is 42.0 Å². The van der Waals surface area contributed by atoms with E-state index >= 15 is 0 Å². The molecular weight excluding hydrogens is 424 g/mol. The van der Waals surface area contributed by atoms with Gasteiger partial charge in [0.05, 0.1) is 4.90 Å². The number of Topliss-reactive ketones (excluding diaryl/α,β-unsaturated/α-hetero) is 1. The lowest BCUT2D eigenvalue weighted by Crippen LogP contribution is -2.52. The summed E-state index contributed by atoms with van der Waals surface area (Å²) in [6.45, 7) is 11.0. The van der Waals surface area contributed by atoms with Crippen LogP contribution in [0.5, 0.6) is 0 Å². The summed E-state index contributed by atoms with van der Waals surface area (Å²) in [6.07, 6.45) is 0.333. The molecule has 0 radical (unpaired) electrons. The Labute approximate surface area is 190 Å². The average molecular weight is 457 g/mol. The standard InChI is InChI=1S/C25H32N2O4S/c1-16-13-17(2)21(18(3)14-16)32(30,31)26-12-11-25(23(29)27-24(4,5)6)15-19-9-7-8-10-20(19)22(25)28/h7-10,13-14,26H,11-12,15H2,1-6H3,(H,27,29). The monoisotopic (exact) mass is 456 g/mol. The van der Waals surface area contributed by atoms with Gasteiger partial charge in [-0.2, -0.15) is 0 Å². The van der Waals surface area contributed by atoms with Crippen molar-refractivity contribution >= 4 is 21.7 Å². The number of ketones is 1. The Bertz CT molecular complexity index is 1160. The third kappa shape index (κ3) is 4.64. The number of aryl methyl sites for hydroxylation is 3. The molecule has 32 heavy (non-hydrogen) atoms. The van der Waals surface area contributed by atoms with E-state index in [0.29, 0.717) is 16.7 Å². The largest absolute Gasteiger partial charge is 0.351 e. The summed E-state index contributed by atoms with van der Waals surface area (Å²) in [6, 6.07) is 10.9. The van der Waals surface area contributed by atoms with E-state index in [2.05, 4.69) is 10.0 Å². The van der Waals surface area contributed by atoms with Gasteiger partial charge in [0, 0.05) is 17.6 Å². The Balaban J connectivity index is 1.88. The van der Waals surface area contributed by atoms with Crippen LogP contribution in [0.4, 0.5) is 0 Å². The van der Waals surface area contributed by atoms with Crippen molar-refractivity contribution in [3.05, 3.63) is 64.2 Å². The van der Waals surface area contributed by atoms with E-state index in [4.69, 9.17) is 0 Å². The highest BCUT2D eigenvalue weighted by atomic mass is 32.2. The molecule has 0 heterocycles. The van der Waals surface area contributed by atoms with Gasteiger partial charge >= 0.3 is 0 Å². The first-order valence-electron chi connectivity index (χ1n) is 10.8. The van der Waals surface area contributed by atoms with Crippen molar-refractivity contribution in [1.29, 1.82) is 0 Å². The van der Waals surface area contributed by atoms with Gasteiger partial charge < -0.3 is 5.32 Å². The third-order valence-electron chi connectivity index (χ3n) is 5.83. The number of amides is 1. The molecule has 0 saturated carbocycles. The number of fused-ring (bicyclic) bond motifs is 1. The minimum Gasteiger partial charge on any atom is -0.351 e. The number of benzene rings is 2. The third-order valence-corrected chi connectivity index (χ3v) is 7.59. The summed E-state index contributed by atoms with van der Waals surface area (Å²) in [4.78, 5) is 27.0. The second-order valence-electron chi connectivity index (χ2n) is 9.82. The van der Waals surface area contributed by atoms with Crippen molar-refractivity contribution < 1.29 is 18.0 Å². The minimum atomic E-state index is -3.80. The summed E-state index contributed by atoms with van der Waals surface area (Å²) >= 11 is 0. The van der Waals surface area contributed by atoms with Gasteiger partial charge in [-0.25, -0.2) is 13.1 Å². The van der Waals surface area contributed by atoms with Gasteiger partial charge in [0.1, 0.15) is 5.41 Å². The van der Waals surface area contributed by atoms with E-state index in [1.54, 1.807) is 26.0 Å². The maximum atomic E-state index is 13.4. The Hall–Kier alpha value is -2.51. The first kappa shape index (κ1) is 24.1. The molecule has 6 nitrogen and oxygen atoms in total. The lowest BCUT2D eigenvalue weighted by atomic mass is 9.78. The molecule has 1 unspecified atom stereocenters. The van der Waals surface area contributed by atoms with E-state index in [1.807, 2.05) is 52.0 Å². The van der Waals surface area contributed by atoms with Crippen LogP contribution in [0.1, 0.15) is 59.8 Å². The molecule has 2 aromatic carbocycles. The first-order valence-corrected chi connectivity index (χ1v) is 12.3. The molecule has 2 N–H and O–H groups in total. The van der Waals surface area contributed by atoms with Crippen LogP contribution in [0.2, 0.25) is 0 Å². The van der Waals surface area contributed by atoms with Crippen molar-refractivity contribution in [3.63, 3.8) is 0 Å². The molecule has 1 amide bonds. The highest BCUT2D eigenvalue weighted by molar-refractivity contribution is 7.89. The van der Waals surface area contributed by atoms with Crippen LogP contribution in [-0.2, 0) is 21.2 Å². The fourth-order valence-electron chi connectivity index (χ4n) is 4.58. The van der Waals surface area contributed by atoms with Crippen molar-refractivity contribution in [3.8, 4) is 0 Å². The molecule has 1 aliphatic rings. The molecule has 1 aliphatic carbocycles. The fraction of sp³-hybridized carbons (Fsp3) is 0.440. The van der Waals surface area contributed by atoms with Crippen LogP contribution in [-0.4, -0.2) is 32.2 Å². The van der Waals surface area contributed by atoms with Crippen LogP contribution in [0, 0.1) is 26.2 Å². The predicted molar refractivity (Wildman–Crippen MR) is 125 cm³/mol. The molecule has 0 saturated heterocycles. The quantitative estimate of drug-likeness (QED) is 0.650. The highest BCUT2D eigenvalue weighted by Gasteiger charge is 2.51. The number of nitrogens with one attached hydrogen (secondary N) is 2. The van der Waals surface area contributed by atoms with Gasteiger partial charge in [-0.3, -0.25) is 9.59 Å². The lowest BCUT2D eigenvalue weighted by molar-refractivity contribution is -0.130. The van der Waals surface area contributed by atoms with E-state index in [-0.39, 0.29) is 36.0 Å². The summed E-state index contributed by atoms with van der Waals surface area (Å²) in [5, 5.41) is 2.93. The van der Waals surface area contributed by atoms with E-state index < -0.39 is 21.0 Å². The molecule has 1 atom stereocenters. The maximum absolute atomic E-state index is 13.4. The Morgan fingerprint density at radius 1 is 1.06 bits per heavy atom. The summed E-state index contributed by atoms with van der Waals surface area (Å²) in [5.41, 5.74) is 1.82. The zero-order valence-electron chi connectivity index (χ0n) is 19.6. The van der Waals surface area contributed by atoms with E-state index in [0.717, 1.165) is 11.1 Å². The smallest absolute Gasteiger partial charge is 0.241 e. The number of hydrogen-bond donors (Lipinski definition) is 2. The van der Waals surface area contributed by atoms with Crippen molar-refractivity contribution in [2.45, 2.75) is 64.8 Å². The van der Waals surface area contributed by atoms with E-state index in [1.165, 1.54) is 0 Å². The number of hydrogen-bond acceptors (Lipinski definition) is 4. The number of rotatable bonds is 6. The molecule has 3 rings (SSSR count). The van der Waals surface area contributed by atoms with Gasteiger partial charge in [-0.15, -0.1) is 0 Å². The normalized spacial score (nSPS) is 18.5. The predicted octanol–water partition coefficient (Wildman–Crippen LogP) is 3.62. The SMILES string of the molecule is Cc1cc(C)c(S(=O)(=O)NCCC2(C(=O)NC(C)(C)C)Cc3ccccc3C2=O)c(C)c1. The van der Waals surface area contributed by atoms with Gasteiger partial charge in [-0.05, 0) is 71.1 Å². The molecule has 0 spiro atoms. The molecule has 2 aromatic rings. The number of carbonyl (C=O) groups excluding carboxylic acids is 2. The Kier molecular flexibility index (Phi) is 6.37. The van der Waals surface area contributed by atoms with Crippen LogP contribution in [0.15, 0.2) is 41.3 Å². The maximum Gasteiger partial charge on any atom is 0.241 e. The molecule has 172 valence electrons. The molecular formula is C25H32N2O4S. The summed E-state index contributed by atoms with van der Waals surface area (Å²) in [7, 11) is -3.80. The topological polar surface area (TPSA) is 92.3 Å². The zero-order chi connectivity index (χ0) is 23.9. The summed E-state index contributed by atoms with van der Waals surface area (Å²) < 4.78 is 28.8. The first-order chi connectivity index (χ1) is 14.8. The fourth-order valence-corrected chi connectivity index (χ4v) is 6.06. The second-order valence-corrected chi connectivity index (χ2v) is 11.5. The number of sulfonamides is 1. The van der Waals surface area contributed by atoms with Crippen LogP contribution >= 0.6 is 0 Å². The Morgan fingerprint density at radius 2 is 1.66 bits per heavy atom. The average Bonchev–Trinajstić information content (AvgIpc) is 2.92.